The van der Waals surface area contributed by atoms with Crippen LogP contribution in [0.2, 0.25) is 5.02 Å². The molecule has 0 aromatic heterocycles. The van der Waals surface area contributed by atoms with Gasteiger partial charge in [0.2, 0.25) is 0 Å². The summed E-state index contributed by atoms with van der Waals surface area (Å²) in [5, 5.41) is 25.8. The first-order valence-electron chi connectivity index (χ1n) is 9.01. The normalized spacial score (nSPS) is 18.8. The maximum Gasteiger partial charge on any atom is 0.277 e. The Morgan fingerprint density at radius 3 is 2.28 bits per heavy atom. The van der Waals surface area contributed by atoms with E-state index in [1.54, 1.807) is 11.8 Å². The molecule has 29 heavy (non-hydrogen) atoms. The Kier molecular flexibility index (Phi) is 6.71. The number of benzene rings is 2. The highest BCUT2D eigenvalue weighted by Crippen LogP contribution is 2.37. The van der Waals surface area contributed by atoms with Crippen molar-refractivity contribution in [3.05, 3.63) is 73.3 Å². The van der Waals surface area contributed by atoms with Crippen LogP contribution >= 0.6 is 23.4 Å². The van der Waals surface area contributed by atoms with Crippen molar-refractivity contribution in [1.29, 1.82) is 0 Å². The molecule has 1 saturated carbocycles. The third kappa shape index (κ3) is 5.24. The molecule has 0 bridgehead atoms. The second-order valence-corrected chi connectivity index (χ2v) is 8.39. The average molecular weight is 436 g/mol. The van der Waals surface area contributed by atoms with Crippen LogP contribution in [0.1, 0.15) is 36.0 Å². The molecule has 2 aromatic carbocycles. The zero-order valence-corrected chi connectivity index (χ0v) is 16.8. The molecule has 8 nitrogen and oxygen atoms in total. The van der Waals surface area contributed by atoms with Crippen LogP contribution in [-0.4, -0.2) is 27.0 Å². The SMILES string of the molecule is O=C(N[C@@H]1CCCC[C@H]1Sc1ccccc1Cl)c1cc([N+](=O)[O-])cc([N+](=O)[O-])c1. The monoisotopic (exact) mass is 435 g/mol. The Balaban J connectivity index is 1.80. The van der Waals surface area contributed by atoms with Gasteiger partial charge in [-0.1, -0.05) is 36.6 Å². The van der Waals surface area contributed by atoms with E-state index in [1.807, 2.05) is 24.3 Å². The van der Waals surface area contributed by atoms with Gasteiger partial charge in [0.25, 0.3) is 17.3 Å². The lowest BCUT2D eigenvalue weighted by atomic mass is 9.94. The minimum Gasteiger partial charge on any atom is -0.348 e. The predicted octanol–water partition coefficient (Wildman–Crippen LogP) is 4.99. The van der Waals surface area contributed by atoms with Gasteiger partial charge < -0.3 is 5.32 Å². The number of nitro groups is 2. The molecule has 1 fully saturated rings. The maximum absolute atomic E-state index is 12.7. The lowest BCUT2D eigenvalue weighted by Gasteiger charge is -2.32. The van der Waals surface area contributed by atoms with E-state index in [-0.39, 0.29) is 16.9 Å². The first-order valence-corrected chi connectivity index (χ1v) is 10.3. The molecule has 1 aliphatic carbocycles. The number of non-ortho nitro benzene ring substituents is 2. The molecule has 1 aliphatic rings. The minimum absolute atomic E-state index is 0.0845. The van der Waals surface area contributed by atoms with Gasteiger partial charge in [-0.25, -0.2) is 0 Å². The van der Waals surface area contributed by atoms with Crippen LogP contribution in [0.15, 0.2) is 47.4 Å². The third-order valence-corrected chi connectivity index (χ3v) is 6.64. The van der Waals surface area contributed by atoms with Crippen LogP contribution in [0.4, 0.5) is 11.4 Å². The molecule has 2 aromatic rings. The van der Waals surface area contributed by atoms with Crippen molar-refractivity contribution in [2.45, 2.75) is 41.9 Å². The second-order valence-electron chi connectivity index (χ2n) is 6.70. The molecule has 1 amide bonds. The highest BCUT2D eigenvalue weighted by atomic mass is 35.5. The van der Waals surface area contributed by atoms with Crippen molar-refractivity contribution in [2.24, 2.45) is 0 Å². The van der Waals surface area contributed by atoms with E-state index in [2.05, 4.69) is 5.32 Å². The van der Waals surface area contributed by atoms with Crippen molar-refractivity contribution in [2.75, 3.05) is 0 Å². The zero-order valence-electron chi connectivity index (χ0n) is 15.2. The fourth-order valence-corrected chi connectivity index (χ4v) is 4.88. The zero-order chi connectivity index (χ0) is 21.0. The third-order valence-electron chi connectivity index (χ3n) is 4.72. The van der Waals surface area contributed by atoms with E-state index in [4.69, 9.17) is 11.6 Å². The van der Waals surface area contributed by atoms with Crippen molar-refractivity contribution in [3.8, 4) is 0 Å². The summed E-state index contributed by atoms with van der Waals surface area (Å²) in [7, 11) is 0. The Morgan fingerprint density at radius 1 is 1.03 bits per heavy atom. The summed E-state index contributed by atoms with van der Waals surface area (Å²) in [6.45, 7) is 0. The molecule has 3 rings (SSSR count). The fourth-order valence-electron chi connectivity index (χ4n) is 3.30. The molecular formula is C19H18ClN3O5S. The molecule has 1 N–H and O–H groups in total. The fraction of sp³-hybridized carbons (Fsp3) is 0.316. The highest BCUT2D eigenvalue weighted by Gasteiger charge is 2.29. The molecule has 0 saturated heterocycles. The van der Waals surface area contributed by atoms with Crippen molar-refractivity contribution in [1.82, 2.24) is 5.32 Å². The Labute approximate surface area is 175 Å². The summed E-state index contributed by atoms with van der Waals surface area (Å²) in [5.41, 5.74) is -1.08. The number of carbonyl (C=O) groups is 1. The van der Waals surface area contributed by atoms with E-state index in [0.717, 1.165) is 48.8 Å². The minimum atomic E-state index is -0.750. The molecule has 0 aliphatic heterocycles. The van der Waals surface area contributed by atoms with E-state index in [1.165, 1.54) is 0 Å². The van der Waals surface area contributed by atoms with Gasteiger partial charge in [-0.05, 0) is 25.0 Å². The van der Waals surface area contributed by atoms with E-state index >= 15 is 0 Å². The summed E-state index contributed by atoms with van der Waals surface area (Å²) in [4.78, 5) is 34.3. The van der Waals surface area contributed by atoms with Crippen molar-refractivity contribution < 1.29 is 14.6 Å². The van der Waals surface area contributed by atoms with Gasteiger partial charge in [-0.3, -0.25) is 25.0 Å². The summed E-state index contributed by atoms with van der Waals surface area (Å²) in [5.74, 6) is -0.562. The molecule has 0 unspecified atom stereocenters. The molecule has 0 heterocycles. The first kappa shape index (κ1) is 21.1. The molecule has 0 radical (unpaired) electrons. The number of nitro benzene ring substituents is 2. The van der Waals surface area contributed by atoms with Gasteiger partial charge >= 0.3 is 0 Å². The lowest BCUT2D eigenvalue weighted by Crippen LogP contribution is -2.43. The van der Waals surface area contributed by atoms with Crippen LogP contribution in [0.5, 0.6) is 0 Å². The topological polar surface area (TPSA) is 115 Å². The predicted molar refractivity (Wildman–Crippen MR) is 111 cm³/mol. The number of hydrogen-bond acceptors (Lipinski definition) is 6. The largest absolute Gasteiger partial charge is 0.348 e. The highest BCUT2D eigenvalue weighted by molar-refractivity contribution is 8.00. The standard InChI is InChI=1S/C19H18ClN3O5S/c20-15-5-1-3-7-17(15)29-18-8-4-2-6-16(18)21-19(24)12-9-13(22(25)26)11-14(10-12)23(27)28/h1,3,5,7,9-11,16,18H,2,4,6,8H2,(H,21,24)/t16-,18-/m1/s1. The van der Waals surface area contributed by atoms with Gasteiger partial charge in [0.1, 0.15) is 0 Å². The summed E-state index contributed by atoms with van der Waals surface area (Å²) < 4.78 is 0. The van der Waals surface area contributed by atoms with Gasteiger partial charge in [-0.15, -0.1) is 11.8 Å². The van der Waals surface area contributed by atoms with E-state index in [0.29, 0.717) is 5.02 Å². The van der Waals surface area contributed by atoms with Gasteiger partial charge in [0.15, 0.2) is 0 Å². The quantitative estimate of drug-likeness (QED) is 0.504. The van der Waals surface area contributed by atoms with Crippen LogP contribution in [0.25, 0.3) is 0 Å². The van der Waals surface area contributed by atoms with Gasteiger partial charge in [-0.2, -0.15) is 0 Å². The number of hydrogen-bond donors (Lipinski definition) is 1. The Hall–Kier alpha value is -2.65. The molecule has 10 heteroatoms. The number of rotatable bonds is 6. The van der Waals surface area contributed by atoms with Gasteiger partial charge in [0, 0.05) is 28.3 Å². The average Bonchev–Trinajstić information content (AvgIpc) is 2.70. The number of nitrogens with one attached hydrogen (secondary N) is 1. The molecule has 152 valence electrons. The smallest absolute Gasteiger partial charge is 0.277 e. The maximum atomic E-state index is 12.7. The molecular weight excluding hydrogens is 418 g/mol. The van der Waals surface area contributed by atoms with Crippen molar-refractivity contribution >= 4 is 40.6 Å². The summed E-state index contributed by atoms with van der Waals surface area (Å²) in [6.07, 6.45) is 3.61. The Morgan fingerprint density at radius 2 is 1.66 bits per heavy atom. The van der Waals surface area contributed by atoms with Crippen LogP contribution in [0, 0.1) is 20.2 Å². The van der Waals surface area contributed by atoms with Crippen molar-refractivity contribution in [3.63, 3.8) is 0 Å². The molecule has 2 atom stereocenters. The Bertz CT molecular complexity index is 923. The summed E-state index contributed by atoms with van der Waals surface area (Å²) >= 11 is 7.84. The number of halogens is 1. The number of amides is 1. The van der Waals surface area contributed by atoms with Crippen LogP contribution in [-0.2, 0) is 0 Å². The number of carbonyl (C=O) groups excluding carboxylic acids is 1. The second kappa shape index (κ2) is 9.23. The van der Waals surface area contributed by atoms with Crippen LogP contribution in [0.3, 0.4) is 0 Å². The lowest BCUT2D eigenvalue weighted by molar-refractivity contribution is -0.394. The first-order chi connectivity index (χ1) is 13.8. The van der Waals surface area contributed by atoms with E-state index in [9.17, 15) is 25.0 Å². The van der Waals surface area contributed by atoms with Gasteiger partial charge in [0.05, 0.1) is 26.5 Å². The van der Waals surface area contributed by atoms with Crippen LogP contribution < -0.4 is 5.32 Å². The van der Waals surface area contributed by atoms with E-state index < -0.39 is 27.1 Å². The summed E-state index contributed by atoms with van der Waals surface area (Å²) in [6, 6.07) is 10.3. The number of thioether (sulfide) groups is 1. The number of nitrogens with zero attached hydrogens (tertiary/aromatic N) is 2. The molecule has 0 spiro atoms.